The molecule has 20 heavy (non-hydrogen) atoms. The monoisotopic (exact) mass is 280 g/mol. The van der Waals surface area contributed by atoms with Gasteiger partial charge in [-0.15, -0.1) is 0 Å². The number of aliphatic hydroxyl groups excluding tert-OH is 1. The normalized spacial score (nSPS) is 17.9. The van der Waals surface area contributed by atoms with Gasteiger partial charge in [0.15, 0.2) is 0 Å². The van der Waals surface area contributed by atoms with Crippen LogP contribution in [0.25, 0.3) is 0 Å². The highest BCUT2D eigenvalue weighted by Gasteiger charge is 2.14. The second-order valence-electron chi connectivity index (χ2n) is 4.94. The Morgan fingerprint density at radius 1 is 1.15 bits per heavy atom. The van der Waals surface area contributed by atoms with E-state index < -0.39 is 6.10 Å². The van der Waals surface area contributed by atoms with E-state index in [-0.39, 0.29) is 0 Å². The summed E-state index contributed by atoms with van der Waals surface area (Å²) in [4.78, 5) is 2.25. The Kier molecular flexibility index (Phi) is 6.80. The first kappa shape index (κ1) is 15.3. The Labute approximate surface area is 120 Å². The maximum absolute atomic E-state index is 9.89. The molecule has 0 aromatic heterocycles. The molecule has 1 aliphatic rings. The summed E-state index contributed by atoms with van der Waals surface area (Å²) in [5, 5.41) is 13.2. The van der Waals surface area contributed by atoms with E-state index in [0.717, 1.165) is 31.9 Å². The summed E-state index contributed by atoms with van der Waals surface area (Å²) >= 11 is 0. The van der Waals surface area contributed by atoms with Crippen molar-refractivity contribution in [2.75, 3.05) is 52.5 Å². The molecular formula is C15H24N2O3. The van der Waals surface area contributed by atoms with Gasteiger partial charge >= 0.3 is 0 Å². The lowest BCUT2D eigenvalue weighted by Crippen LogP contribution is -2.47. The first-order valence-corrected chi connectivity index (χ1v) is 7.21. The van der Waals surface area contributed by atoms with Gasteiger partial charge in [-0.2, -0.15) is 0 Å². The minimum Gasteiger partial charge on any atom is -0.491 e. The van der Waals surface area contributed by atoms with Gasteiger partial charge in [0.1, 0.15) is 12.4 Å². The first-order valence-electron chi connectivity index (χ1n) is 7.21. The van der Waals surface area contributed by atoms with Crippen molar-refractivity contribution >= 4 is 0 Å². The molecule has 1 aromatic carbocycles. The van der Waals surface area contributed by atoms with Crippen molar-refractivity contribution in [3.63, 3.8) is 0 Å². The fourth-order valence-corrected chi connectivity index (χ4v) is 2.20. The van der Waals surface area contributed by atoms with Crippen LogP contribution in [0.5, 0.6) is 5.75 Å². The van der Waals surface area contributed by atoms with E-state index in [2.05, 4.69) is 10.2 Å². The predicted octanol–water partition coefficient (Wildman–Crippen LogP) is 0.348. The van der Waals surface area contributed by atoms with Crippen LogP contribution in [-0.4, -0.2) is 68.7 Å². The molecule has 0 saturated carbocycles. The summed E-state index contributed by atoms with van der Waals surface area (Å²) in [7, 11) is 0. The molecule has 112 valence electrons. The number of aliphatic hydroxyl groups is 1. The molecule has 5 heteroatoms. The average molecular weight is 280 g/mol. The van der Waals surface area contributed by atoms with Crippen LogP contribution in [-0.2, 0) is 4.74 Å². The average Bonchev–Trinajstić information content (AvgIpc) is 2.49. The third-order valence-corrected chi connectivity index (χ3v) is 3.23. The molecule has 1 heterocycles. The molecule has 1 atom stereocenters. The second-order valence-corrected chi connectivity index (χ2v) is 4.94. The van der Waals surface area contributed by atoms with Gasteiger partial charge in [0.05, 0.1) is 19.3 Å². The Bertz CT molecular complexity index is 355. The number of ether oxygens (including phenoxy) is 2. The first-order chi connectivity index (χ1) is 9.84. The number of rotatable bonds is 8. The van der Waals surface area contributed by atoms with Gasteiger partial charge in [-0.3, -0.25) is 4.90 Å². The quantitative estimate of drug-likeness (QED) is 0.673. The van der Waals surface area contributed by atoms with Crippen molar-refractivity contribution in [2.45, 2.75) is 6.10 Å². The highest BCUT2D eigenvalue weighted by molar-refractivity contribution is 5.20. The van der Waals surface area contributed by atoms with Crippen LogP contribution in [0.2, 0.25) is 0 Å². The molecule has 0 radical (unpaired) electrons. The number of β-amino-alcohol motifs (C(OH)–C–C–N with tert-alkyl or cyclic N) is 1. The molecule has 5 nitrogen and oxygen atoms in total. The summed E-state index contributed by atoms with van der Waals surface area (Å²) in [5.41, 5.74) is 0. The van der Waals surface area contributed by atoms with Crippen molar-refractivity contribution in [3.8, 4) is 5.75 Å². The summed E-state index contributed by atoms with van der Waals surface area (Å²) in [6.45, 7) is 6.03. The van der Waals surface area contributed by atoms with Crippen LogP contribution in [0.1, 0.15) is 0 Å². The highest BCUT2D eigenvalue weighted by Crippen LogP contribution is 2.07. The fraction of sp³-hybridized carbons (Fsp3) is 0.600. The minimum absolute atomic E-state index is 0.363. The van der Waals surface area contributed by atoms with Gasteiger partial charge in [-0.1, -0.05) is 18.2 Å². The van der Waals surface area contributed by atoms with E-state index >= 15 is 0 Å². The van der Waals surface area contributed by atoms with E-state index in [4.69, 9.17) is 9.47 Å². The van der Waals surface area contributed by atoms with Gasteiger partial charge in [0.25, 0.3) is 0 Å². The summed E-state index contributed by atoms with van der Waals surface area (Å²) in [6, 6.07) is 9.66. The largest absolute Gasteiger partial charge is 0.491 e. The van der Waals surface area contributed by atoms with Gasteiger partial charge < -0.3 is 19.9 Å². The molecular weight excluding hydrogens is 256 g/mol. The molecule has 0 amide bonds. The molecule has 0 spiro atoms. The minimum atomic E-state index is -0.426. The lowest BCUT2D eigenvalue weighted by Gasteiger charge is -2.28. The summed E-state index contributed by atoms with van der Waals surface area (Å²) in [6.07, 6.45) is -0.426. The molecule has 2 rings (SSSR count). The van der Waals surface area contributed by atoms with Crippen molar-refractivity contribution in [3.05, 3.63) is 30.3 Å². The van der Waals surface area contributed by atoms with Crippen LogP contribution < -0.4 is 10.1 Å². The Balaban J connectivity index is 1.50. The number of benzene rings is 1. The zero-order chi connectivity index (χ0) is 14.0. The number of nitrogens with zero attached hydrogens (tertiary/aromatic N) is 1. The number of hydrogen-bond donors (Lipinski definition) is 2. The SMILES string of the molecule is OC(COCCOc1ccccc1)CN1CCNCC1. The summed E-state index contributed by atoms with van der Waals surface area (Å²) in [5.74, 6) is 0.845. The van der Waals surface area contributed by atoms with Crippen molar-refractivity contribution in [1.82, 2.24) is 10.2 Å². The van der Waals surface area contributed by atoms with E-state index in [9.17, 15) is 5.11 Å². The highest BCUT2D eigenvalue weighted by atomic mass is 16.5. The maximum atomic E-state index is 9.89. The molecule has 1 aromatic rings. The van der Waals surface area contributed by atoms with Gasteiger partial charge in [0, 0.05) is 32.7 Å². The van der Waals surface area contributed by atoms with Crippen LogP contribution in [0.3, 0.4) is 0 Å². The van der Waals surface area contributed by atoms with Crippen LogP contribution in [0.4, 0.5) is 0 Å². The topological polar surface area (TPSA) is 54.0 Å². The fourth-order valence-electron chi connectivity index (χ4n) is 2.20. The van der Waals surface area contributed by atoms with Gasteiger partial charge in [0.2, 0.25) is 0 Å². The standard InChI is InChI=1S/C15H24N2O3/c18-14(12-17-8-6-16-7-9-17)13-19-10-11-20-15-4-2-1-3-5-15/h1-5,14,16,18H,6-13H2. The molecule has 0 bridgehead atoms. The van der Waals surface area contributed by atoms with Crippen LogP contribution in [0, 0.1) is 0 Å². The van der Waals surface area contributed by atoms with E-state index in [1.807, 2.05) is 30.3 Å². The Morgan fingerprint density at radius 2 is 1.90 bits per heavy atom. The van der Waals surface area contributed by atoms with Crippen molar-refractivity contribution < 1.29 is 14.6 Å². The summed E-state index contributed by atoms with van der Waals surface area (Å²) < 4.78 is 11.0. The smallest absolute Gasteiger partial charge is 0.119 e. The lowest BCUT2D eigenvalue weighted by atomic mass is 10.3. The van der Waals surface area contributed by atoms with Crippen molar-refractivity contribution in [2.24, 2.45) is 0 Å². The lowest BCUT2D eigenvalue weighted by molar-refractivity contribution is 0.00634. The zero-order valence-electron chi connectivity index (χ0n) is 11.8. The Hall–Kier alpha value is -1.14. The zero-order valence-corrected chi connectivity index (χ0v) is 11.8. The van der Waals surface area contributed by atoms with Crippen LogP contribution >= 0.6 is 0 Å². The molecule has 1 saturated heterocycles. The molecule has 0 aliphatic carbocycles. The predicted molar refractivity (Wildman–Crippen MR) is 78.1 cm³/mol. The maximum Gasteiger partial charge on any atom is 0.119 e. The number of hydrogen-bond acceptors (Lipinski definition) is 5. The third kappa shape index (κ3) is 5.88. The van der Waals surface area contributed by atoms with E-state index in [1.165, 1.54) is 0 Å². The number of para-hydroxylation sites is 1. The van der Waals surface area contributed by atoms with E-state index in [1.54, 1.807) is 0 Å². The molecule has 2 N–H and O–H groups in total. The Morgan fingerprint density at radius 3 is 2.65 bits per heavy atom. The number of piperazine rings is 1. The van der Waals surface area contributed by atoms with Crippen molar-refractivity contribution in [1.29, 1.82) is 0 Å². The second kappa shape index (κ2) is 8.92. The van der Waals surface area contributed by atoms with Crippen LogP contribution in [0.15, 0.2) is 30.3 Å². The molecule has 1 aliphatic heterocycles. The van der Waals surface area contributed by atoms with Gasteiger partial charge in [-0.25, -0.2) is 0 Å². The molecule has 1 fully saturated rings. The third-order valence-electron chi connectivity index (χ3n) is 3.23. The van der Waals surface area contributed by atoms with E-state index in [0.29, 0.717) is 26.4 Å². The van der Waals surface area contributed by atoms with Gasteiger partial charge in [-0.05, 0) is 12.1 Å². The molecule has 1 unspecified atom stereocenters. The number of nitrogens with one attached hydrogen (secondary N) is 1.